The Hall–Kier alpha value is -3.72. The van der Waals surface area contributed by atoms with Crippen LogP contribution in [-0.4, -0.2) is 41.7 Å². The van der Waals surface area contributed by atoms with Gasteiger partial charge in [0.25, 0.3) is 0 Å². The molecule has 0 saturated heterocycles. The molecule has 0 saturated carbocycles. The lowest BCUT2D eigenvalue weighted by Crippen LogP contribution is -2.10. The van der Waals surface area contributed by atoms with Gasteiger partial charge in [-0.1, -0.05) is 0 Å². The number of H-pyrrole nitrogens is 1. The van der Waals surface area contributed by atoms with E-state index in [0.29, 0.717) is 47.6 Å². The Bertz CT molecular complexity index is 1240. The zero-order chi connectivity index (χ0) is 23.8. The number of aromatic nitrogens is 3. The maximum Gasteiger partial charge on any atom is 0.217 e. The molecule has 0 radical (unpaired) electrons. The topological polar surface area (TPSA) is 115 Å². The highest BCUT2D eigenvalue weighted by Crippen LogP contribution is 2.30. The summed E-state index contributed by atoms with van der Waals surface area (Å²) < 4.78 is 24.9. The van der Waals surface area contributed by atoms with Gasteiger partial charge in [-0.2, -0.15) is 0 Å². The maximum atomic E-state index is 14.9. The van der Waals surface area contributed by atoms with E-state index in [-0.39, 0.29) is 11.7 Å². The Morgan fingerprint density at radius 1 is 1.12 bits per heavy atom. The number of methoxy groups -OCH3 is 1. The largest absolute Gasteiger partial charge is 0.494 e. The Morgan fingerprint density at radius 3 is 2.67 bits per heavy atom. The van der Waals surface area contributed by atoms with Crippen LogP contribution >= 0.6 is 0 Å². The van der Waals surface area contributed by atoms with Crippen molar-refractivity contribution in [1.82, 2.24) is 15.0 Å². The molecule has 0 atom stereocenters. The van der Waals surface area contributed by atoms with Crippen molar-refractivity contribution in [2.45, 2.75) is 26.2 Å². The van der Waals surface area contributed by atoms with Gasteiger partial charge in [0, 0.05) is 48.7 Å². The van der Waals surface area contributed by atoms with Crippen molar-refractivity contribution in [2.24, 2.45) is 5.73 Å². The molecule has 1 amide bonds. The van der Waals surface area contributed by atoms with Gasteiger partial charge in [-0.3, -0.25) is 4.79 Å². The molecular weight excluding hydrogens is 425 g/mol. The van der Waals surface area contributed by atoms with Gasteiger partial charge in [0.1, 0.15) is 17.9 Å². The summed E-state index contributed by atoms with van der Waals surface area (Å²) in [6.07, 6.45) is 3.21. The van der Waals surface area contributed by atoms with Crippen LogP contribution in [0.2, 0.25) is 0 Å². The molecule has 2 heterocycles. The van der Waals surface area contributed by atoms with Crippen LogP contribution in [-0.2, 0) is 9.53 Å². The molecule has 0 spiro atoms. The Morgan fingerprint density at radius 2 is 1.91 bits per heavy atom. The zero-order valence-electron chi connectivity index (χ0n) is 18.9. The van der Waals surface area contributed by atoms with Crippen LogP contribution in [0.25, 0.3) is 21.8 Å². The Balaban J connectivity index is 0.000000968. The molecule has 0 aliphatic heterocycles. The molecule has 174 valence electrons. The van der Waals surface area contributed by atoms with Gasteiger partial charge in [0.15, 0.2) is 5.82 Å². The van der Waals surface area contributed by atoms with E-state index in [0.717, 1.165) is 23.0 Å². The summed E-state index contributed by atoms with van der Waals surface area (Å²) in [5, 5.41) is 4.37. The maximum absolute atomic E-state index is 14.9. The van der Waals surface area contributed by atoms with Gasteiger partial charge in [-0.15, -0.1) is 0 Å². The van der Waals surface area contributed by atoms with Crippen LogP contribution in [0.15, 0.2) is 42.7 Å². The number of amides is 1. The molecule has 4 N–H and O–H groups in total. The fraction of sp³-hybridized carbons (Fsp3) is 0.292. The molecule has 33 heavy (non-hydrogen) atoms. The number of primary amides is 1. The minimum atomic E-state index is -0.334. The number of halogens is 1. The van der Waals surface area contributed by atoms with Crippen molar-refractivity contribution in [3.05, 3.63) is 54.2 Å². The second-order valence-electron chi connectivity index (χ2n) is 7.55. The number of nitrogens with zero attached hydrogens (tertiary/aromatic N) is 2. The number of nitrogens with one attached hydrogen (secondary N) is 2. The van der Waals surface area contributed by atoms with Crippen molar-refractivity contribution < 1.29 is 18.7 Å². The lowest BCUT2D eigenvalue weighted by Gasteiger charge is -2.11. The third-order valence-corrected chi connectivity index (χ3v) is 4.82. The summed E-state index contributed by atoms with van der Waals surface area (Å²) in [6, 6.07) is 10.8. The van der Waals surface area contributed by atoms with Crippen LogP contribution in [0.4, 0.5) is 15.9 Å². The fourth-order valence-corrected chi connectivity index (χ4v) is 3.35. The number of benzene rings is 2. The smallest absolute Gasteiger partial charge is 0.217 e. The Labute approximate surface area is 191 Å². The number of aromatic amines is 1. The van der Waals surface area contributed by atoms with Gasteiger partial charge in [-0.25, -0.2) is 14.4 Å². The molecule has 0 unspecified atom stereocenters. The number of hydrogen-bond acceptors (Lipinski definition) is 6. The number of rotatable bonds is 8. The van der Waals surface area contributed by atoms with Crippen LogP contribution < -0.4 is 15.8 Å². The van der Waals surface area contributed by atoms with Crippen LogP contribution in [0, 0.1) is 12.7 Å². The minimum Gasteiger partial charge on any atom is -0.494 e. The number of hydrogen-bond donors (Lipinski definition) is 3. The first-order chi connectivity index (χ1) is 15.9. The predicted octanol–water partition coefficient (Wildman–Crippen LogP) is 4.60. The van der Waals surface area contributed by atoms with E-state index in [1.807, 2.05) is 31.2 Å². The van der Waals surface area contributed by atoms with Crippen molar-refractivity contribution in [3.8, 4) is 5.75 Å². The summed E-state index contributed by atoms with van der Waals surface area (Å²) in [7, 11) is 3.25. The normalized spacial score (nSPS) is 10.7. The quantitative estimate of drug-likeness (QED) is 0.336. The van der Waals surface area contributed by atoms with E-state index in [9.17, 15) is 9.18 Å². The lowest BCUT2D eigenvalue weighted by atomic mass is 10.2. The third-order valence-electron chi connectivity index (χ3n) is 4.82. The lowest BCUT2D eigenvalue weighted by molar-refractivity contribution is -0.118. The van der Waals surface area contributed by atoms with E-state index >= 15 is 0 Å². The number of carbonyl (C=O) groups is 1. The van der Waals surface area contributed by atoms with E-state index in [2.05, 4.69) is 25.0 Å². The fourth-order valence-electron chi connectivity index (χ4n) is 3.35. The average molecular weight is 454 g/mol. The standard InChI is InChI=1S/C22H22FN5O2.C2H6O/c1-13-10-16-17(27-13)7-8-18(21(16)23)28-22-15-6-5-14(11-19(15)25-12-26-22)30-9-3-2-4-20(24)29;1-3-2/h5-8,10-12,27H,2-4,9H2,1H3,(H2,24,29)(H,25,26,28);1-2H3. The average Bonchev–Trinajstić information content (AvgIpc) is 3.17. The van der Waals surface area contributed by atoms with E-state index < -0.39 is 0 Å². The summed E-state index contributed by atoms with van der Waals surface area (Å²) >= 11 is 0. The monoisotopic (exact) mass is 453 g/mol. The number of anilines is 2. The summed E-state index contributed by atoms with van der Waals surface area (Å²) in [5.41, 5.74) is 7.80. The van der Waals surface area contributed by atoms with Crippen molar-refractivity contribution in [2.75, 3.05) is 26.1 Å². The third kappa shape index (κ3) is 6.17. The van der Waals surface area contributed by atoms with Gasteiger partial charge in [-0.05, 0) is 50.1 Å². The molecule has 8 nitrogen and oxygen atoms in total. The molecular formula is C24H28FN5O3. The van der Waals surface area contributed by atoms with E-state index in [1.165, 1.54) is 6.33 Å². The summed E-state index contributed by atoms with van der Waals surface area (Å²) in [4.78, 5) is 22.5. The first-order valence-electron chi connectivity index (χ1n) is 10.5. The number of aryl methyl sites for hydroxylation is 1. The van der Waals surface area contributed by atoms with Crippen molar-refractivity contribution >= 4 is 39.2 Å². The highest BCUT2D eigenvalue weighted by molar-refractivity contribution is 5.93. The van der Waals surface area contributed by atoms with E-state index in [1.54, 1.807) is 26.4 Å². The molecule has 9 heteroatoms. The number of carbonyl (C=O) groups excluding carboxylic acids is 1. The number of fused-ring (bicyclic) bond motifs is 2. The molecule has 0 aliphatic rings. The second-order valence-corrected chi connectivity index (χ2v) is 7.55. The first kappa shape index (κ1) is 23.9. The predicted molar refractivity (Wildman–Crippen MR) is 127 cm³/mol. The van der Waals surface area contributed by atoms with Gasteiger partial charge >= 0.3 is 0 Å². The molecule has 4 rings (SSSR count). The van der Waals surface area contributed by atoms with Crippen molar-refractivity contribution in [1.29, 1.82) is 0 Å². The molecule has 4 aromatic rings. The highest BCUT2D eigenvalue weighted by atomic mass is 19.1. The summed E-state index contributed by atoms with van der Waals surface area (Å²) in [6.45, 7) is 2.37. The van der Waals surface area contributed by atoms with Gasteiger partial charge < -0.3 is 25.5 Å². The zero-order valence-corrected chi connectivity index (χ0v) is 18.9. The van der Waals surface area contributed by atoms with Crippen LogP contribution in [0.1, 0.15) is 25.0 Å². The molecule has 0 bridgehead atoms. The molecule has 2 aromatic heterocycles. The van der Waals surface area contributed by atoms with Gasteiger partial charge in [0.2, 0.25) is 5.91 Å². The summed E-state index contributed by atoms with van der Waals surface area (Å²) in [5.74, 6) is 0.541. The highest BCUT2D eigenvalue weighted by Gasteiger charge is 2.12. The number of nitrogens with two attached hydrogens (primary N) is 1. The second kappa shape index (κ2) is 11.2. The molecule has 2 aromatic carbocycles. The van der Waals surface area contributed by atoms with Crippen LogP contribution in [0.5, 0.6) is 5.75 Å². The molecule has 0 fully saturated rings. The number of ether oxygens (including phenoxy) is 2. The minimum absolute atomic E-state index is 0.306. The van der Waals surface area contributed by atoms with Crippen molar-refractivity contribution in [3.63, 3.8) is 0 Å². The molecule has 0 aliphatic carbocycles. The van der Waals surface area contributed by atoms with Crippen LogP contribution in [0.3, 0.4) is 0 Å². The van der Waals surface area contributed by atoms with E-state index in [4.69, 9.17) is 10.5 Å². The SMILES string of the molecule is COC.Cc1cc2c(F)c(Nc3ncnc4cc(OCCCCC(N)=O)ccc34)ccc2[nH]1. The first-order valence-corrected chi connectivity index (χ1v) is 10.5. The number of unbranched alkanes of at least 4 members (excludes halogenated alkanes) is 1. The Kier molecular flexibility index (Phi) is 8.15. The van der Waals surface area contributed by atoms with Gasteiger partial charge in [0.05, 0.1) is 17.8 Å².